The van der Waals surface area contributed by atoms with E-state index in [1.54, 1.807) is 0 Å². The Hall–Kier alpha value is -1.74. The topological polar surface area (TPSA) is 145 Å². The van der Waals surface area contributed by atoms with Gasteiger partial charge in [0.1, 0.15) is 6.10 Å². The summed E-state index contributed by atoms with van der Waals surface area (Å²) >= 11 is 0. The predicted octanol–water partition coefficient (Wildman–Crippen LogP) is -0.0955. The van der Waals surface area contributed by atoms with Crippen LogP contribution in [-0.4, -0.2) is 56.8 Å². The number of nitrogen functional groups attached to an aromatic ring is 1. The lowest BCUT2D eigenvalue weighted by atomic mass is 10.2. The van der Waals surface area contributed by atoms with E-state index in [1.807, 2.05) is 0 Å². The number of nitrogens with two attached hydrogens (primary N) is 1. The first-order valence-corrected chi connectivity index (χ1v) is 9.52. The van der Waals surface area contributed by atoms with Gasteiger partial charge in [0.25, 0.3) is 5.56 Å². The molecule has 2 aromatic rings. The molecule has 3 rings (SSSR count). The minimum atomic E-state index is -2.63. The van der Waals surface area contributed by atoms with Gasteiger partial charge in [-0.15, -0.1) is 0 Å². The number of aliphatic hydroxyl groups is 1. The number of rotatable bonds is 4. The highest BCUT2D eigenvalue weighted by Gasteiger charge is 2.37. The van der Waals surface area contributed by atoms with E-state index in [0.29, 0.717) is 6.42 Å². The number of aliphatic hydroxyl groups excluding tert-OH is 1. The van der Waals surface area contributed by atoms with Gasteiger partial charge in [-0.05, 0) is 0 Å². The zero-order valence-electron chi connectivity index (χ0n) is 12.7. The molecule has 0 aromatic carbocycles. The van der Waals surface area contributed by atoms with Crippen molar-refractivity contribution in [3.05, 3.63) is 16.7 Å². The van der Waals surface area contributed by atoms with Crippen molar-refractivity contribution < 1.29 is 18.9 Å². The third kappa shape index (κ3) is 3.30. The second kappa shape index (κ2) is 5.72. The van der Waals surface area contributed by atoms with E-state index in [9.17, 15) is 14.5 Å². The van der Waals surface area contributed by atoms with Crippen LogP contribution in [0.25, 0.3) is 11.2 Å². The number of aromatic nitrogens is 4. The maximum absolute atomic E-state index is 11.8. The van der Waals surface area contributed by atoms with Crippen LogP contribution in [0.15, 0.2) is 11.1 Å². The van der Waals surface area contributed by atoms with Gasteiger partial charge in [0.15, 0.2) is 24.8 Å². The summed E-state index contributed by atoms with van der Waals surface area (Å²) in [5.74, 6) is -0.0467. The van der Waals surface area contributed by atoms with E-state index in [4.69, 9.17) is 15.0 Å². The molecule has 4 N–H and O–H groups in total. The summed E-state index contributed by atoms with van der Waals surface area (Å²) < 4.78 is 24.0. The second-order valence-electron chi connectivity index (χ2n) is 5.77. The second-order valence-corrected chi connectivity index (χ2v) is 8.54. The smallest absolute Gasteiger partial charge is 0.280 e. The van der Waals surface area contributed by atoms with Crippen molar-refractivity contribution in [3.63, 3.8) is 0 Å². The highest BCUT2D eigenvalue weighted by molar-refractivity contribution is 7.57. The molecule has 23 heavy (non-hydrogen) atoms. The number of hydrogen-bond acceptors (Lipinski definition) is 8. The van der Waals surface area contributed by atoms with Crippen LogP contribution in [0.4, 0.5) is 5.95 Å². The molecule has 1 aliphatic rings. The first-order chi connectivity index (χ1) is 10.7. The summed E-state index contributed by atoms with van der Waals surface area (Å²) in [6.45, 7) is 3.14. The Morgan fingerprint density at radius 3 is 3.04 bits per heavy atom. The molecular formula is C12H18N5O5P. The van der Waals surface area contributed by atoms with Crippen molar-refractivity contribution in [3.8, 4) is 0 Å². The van der Waals surface area contributed by atoms with Gasteiger partial charge in [0.05, 0.1) is 19.0 Å². The molecule has 0 spiro atoms. The maximum atomic E-state index is 11.8. The Kier molecular flexibility index (Phi) is 4.01. The van der Waals surface area contributed by atoms with Gasteiger partial charge < -0.3 is 20.1 Å². The van der Waals surface area contributed by atoms with Crippen molar-refractivity contribution in [2.75, 3.05) is 25.7 Å². The molecule has 0 aliphatic carbocycles. The number of anilines is 1. The Morgan fingerprint density at radius 1 is 1.61 bits per heavy atom. The van der Waals surface area contributed by atoms with Gasteiger partial charge in [-0.25, -0.2) is 4.98 Å². The first kappa shape index (κ1) is 16.1. The molecular weight excluding hydrogens is 325 g/mol. The summed E-state index contributed by atoms with van der Waals surface area (Å²) in [7, 11) is -2.63. The van der Waals surface area contributed by atoms with Crippen LogP contribution in [0.3, 0.4) is 0 Å². The number of nitrogens with zero attached hydrogens (tertiary/aromatic N) is 3. The van der Waals surface area contributed by atoms with Crippen molar-refractivity contribution in [1.29, 1.82) is 0 Å². The molecule has 0 unspecified atom stereocenters. The van der Waals surface area contributed by atoms with E-state index in [0.717, 1.165) is 0 Å². The molecule has 1 aliphatic heterocycles. The highest BCUT2D eigenvalue weighted by atomic mass is 31.2. The number of fused-ring (bicyclic) bond motifs is 1. The quantitative estimate of drug-likeness (QED) is 0.653. The van der Waals surface area contributed by atoms with E-state index < -0.39 is 31.4 Å². The monoisotopic (exact) mass is 343 g/mol. The maximum Gasteiger partial charge on any atom is 0.280 e. The summed E-state index contributed by atoms with van der Waals surface area (Å²) in [6.07, 6.45) is -0.344. The summed E-state index contributed by atoms with van der Waals surface area (Å²) in [6, 6.07) is 0. The van der Waals surface area contributed by atoms with Gasteiger partial charge in [-0.1, -0.05) is 0 Å². The minimum Gasteiger partial charge on any atom is -0.388 e. The van der Waals surface area contributed by atoms with Crippen LogP contribution in [0.2, 0.25) is 0 Å². The Labute approximate surface area is 131 Å². The fraction of sp³-hybridized carbons (Fsp3) is 0.583. The average Bonchev–Trinajstić information content (AvgIpc) is 2.99. The summed E-state index contributed by atoms with van der Waals surface area (Å²) in [5, 5.41) is 10.2. The molecule has 3 atom stereocenters. The van der Waals surface area contributed by atoms with E-state index >= 15 is 0 Å². The lowest BCUT2D eigenvalue weighted by molar-refractivity contribution is -0.0453. The van der Waals surface area contributed by atoms with Crippen molar-refractivity contribution >= 4 is 24.5 Å². The van der Waals surface area contributed by atoms with Gasteiger partial charge in [0.2, 0.25) is 5.95 Å². The zero-order chi connectivity index (χ0) is 16.8. The van der Waals surface area contributed by atoms with Crippen LogP contribution in [0, 0.1) is 0 Å². The largest absolute Gasteiger partial charge is 0.388 e. The molecule has 11 heteroatoms. The lowest BCUT2D eigenvalue weighted by Gasteiger charge is -2.17. The van der Waals surface area contributed by atoms with Gasteiger partial charge in [0, 0.05) is 19.8 Å². The number of aromatic amines is 1. The standard InChI is InChI=1S/C12H18N5O5P/c1-23(2,20)21-4-6-3-7(18)11(22-6)17-5-14-8-9(17)15-12(13)16-10(8)19/h5-7,11,18H,3-4H2,1-2H3,(H3,13,15,16,19)/t6-,7+,11+/m0/s1. The fourth-order valence-corrected chi connectivity index (χ4v) is 3.00. The molecule has 0 bridgehead atoms. The molecule has 2 aromatic heterocycles. The molecule has 10 nitrogen and oxygen atoms in total. The molecule has 0 amide bonds. The van der Waals surface area contributed by atoms with Crippen LogP contribution in [0.5, 0.6) is 0 Å². The Balaban J connectivity index is 1.85. The predicted molar refractivity (Wildman–Crippen MR) is 82.5 cm³/mol. The minimum absolute atomic E-state index is 0.0467. The average molecular weight is 343 g/mol. The third-order valence-electron chi connectivity index (χ3n) is 3.46. The fourth-order valence-electron chi connectivity index (χ4n) is 2.48. The normalized spacial score (nSPS) is 25.3. The number of H-pyrrole nitrogens is 1. The number of nitrogens with one attached hydrogen (secondary N) is 1. The van der Waals surface area contributed by atoms with E-state index in [1.165, 1.54) is 24.2 Å². The molecule has 0 saturated carbocycles. The Morgan fingerprint density at radius 2 is 2.35 bits per heavy atom. The van der Waals surface area contributed by atoms with Gasteiger partial charge in [-0.3, -0.25) is 18.9 Å². The van der Waals surface area contributed by atoms with Gasteiger partial charge >= 0.3 is 0 Å². The summed E-state index contributed by atoms with van der Waals surface area (Å²) in [5.41, 5.74) is 5.43. The molecule has 126 valence electrons. The van der Waals surface area contributed by atoms with Crippen LogP contribution >= 0.6 is 7.37 Å². The SMILES string of the molecule is CP(C)(=O)OC[C@@H]1C[C@@H](O)[C@H](n2cnc3c(=O)[nH]c(N)nc32)O1. The number of hydrogen-bond donors (Lipinski definition) is 3. The zero-order valence-corrected chi connectivity index (χ0v) is 13.6. The van der Waals surface area contributed by atoms with E-state index in [-0.39, 0.29) is 23.7 Å². The van der Waals surface area contributed by atoms with Crippen molar-refractivity contribution in [2.45, 2.75) is 24.9 Å². The number of imidazole rings is 1. The first-order valence-electron chi connectivity index (χ1n) is 7.00. The van der Waals surface area contributed by atoms with Crippen LogP contribution < -0.4 is 11.3 Å². The van der Waals surface area contributed by atoms with Gasteiger partial charge in [-0.2, -0.15) is 4.98 Å². The van der Waals surface area contributed by atoms with E-state index in [2.05, 4.69) is 15.0 Å². The third-order valence-corrected chi connectivity index (χ3v) is 4.23. The molecule has 0 radical (unpaired) electrons. The summed E-state index contributed by atoms with van der Waals surface area (Å²) in [4.78, 5) is 22.2. The molecule has 1 saturated heterocycles. The van der Waals surface area contributed by atoms with Crippen LogP contribution in [-0.2, 0) is 13.8 Å². The molecule has 1 fully saturated rings. The number of ether oxygens (including phenoxy) is 1. The Bertz CT molecular complexity index is 827. The van der Waals surface area contributed by atoms with Crippen LogP contribution in [0.1, 0.15) is 12.6 Å². The van der Waals surface area contributed by atoms with Crippen molar-refractivity contribution in [2.24, 2.45) is 0 Å². The van der Waals surface area contributed by atoms with Crippen molar-refractivity contribution in [1.82, 2.24) is 19.5 Å². The highest BCUT2D eigenvalue weighted by Crippen LogP contribution is 2.39. The molecule has 3 heterocycles. The lowest BCUT2D eigenvalue weighted by Crippen LogP contribution is -2.20.